The molecule has 2 fully saturated rings. The minimum atomic E-state index is 0.277. The molecule has 2 heterocycles. The van der Waals surface area contributed by atoms with Crippen LogP contribution in [0.1, 0.15) is 53.9 Å². The lowest BCUT2D eigenvalue weighted by molar-refractivity contribution is 0.0967. The third kappa shape index (κ3) is 4.95. The molecule has 1 saturated carbocycles. The van der Waals surface area contributed by atoms with Gasteiger partial charge in [-0.05, 0) is 93.1 Å². The summed E-state index contributed by atoms with van der Waals surface area (Å²) in [6, 6.07) is 12.0. The molecule has 0 bridgehead atoms. The number of aromatic nitrogens is 1. The molecule has 0 N–H and O–H groups in total. The van der Waals surface area contributed by atoms with Gasteiger partial charge >= 0.3 is 0 Å². The molecule has 142 valence electrons. The van der Waals surface area contributed by atoms with Crippen molar-refractivity contribution in [2.45, 2.75) is 38.0 Å². The quantitative estimate of drug-likeness (QED) is 0.517. The van der Waals surface area contributed by atoms with Gasteiger partial charge in [0.2, 0.25) is 0 Å². The van der Waals surface area contributed by atoms with E-state index >= 15 is 0 Å². The van der Waals surface area contributed by atoms with Crippen molar-refractivity contribution >= 4 is 5.78 Å². The second-order valence-electron chi connectivity index (χ2n) is 7.76. The van der Waals surface area contributed by atoms with E-state index < -0.39 is 0 Å². The predicted octanol–water partition coefficient (Wildman–Crippen LogP) is 4.32. The molecule has 4 heteroatoms. The molecule has 4 rings (SSSR count). The van der Waals surface area contributed by atoms with Crippen LogP contribution in [0.25, 0.3) is 0 Å². The van der Waals surface area contributed by atoms with Gasteiger partial charge in [-0.1, -0.05) is 0 Å². The van der Waals surface area contributed by atoms with Gasteiger partial charge in [0, 0.05) is 30.4 Å². The number of piperidine rings is 1. The van der Waals surface area contributed by atoms with E-state index in [1.54, 1.807) is 0 Å². The van der Waals surface area contributed by atoms with Gasteiger partial charge in [-0.25, -0.2) is 0 Å². The monoisotopic (exact) mass is 364 g/mol. The molecule has 1 saturated heterocycles. The average molecular weight is 364 g/mol. The number of ether oxygens (including phenoxy) is 1. The zero-order valence-electron chi connectivity index (χ0n) is 15.8. The number of nitrogens with zero attached hydrogens (tertiary/aromatic N) is 2. The number of benzene rings is 1. The fourth-order valence-electron chi connectivity index (χ4n) is 3.90. The zero-order chi connectivity index (χ0) is 18.5. The molecule has 2 aliphatic rings. The Kier molecular flexibility index (Phi) is 5.83. The van der Waals surface area contributed by atoms with Crippen LogP contribution >= 0.6 is 0 Å². The lowest BCUT2D eigenvalue weighted by Crippen LogP contribution is -2.34. The second-order valence-corrected chi connectivity index (χ2v) is 7.76. The van der Waals surface area contributed by atoms with E-state index in [4.69, 9.17) is 4.74 Å². The van der Waals surface area contributed by atoms with E-state index in [9.17, 15) is 4.79 Å². The standard InChI is InChI=1S/C23H28N2O2/c26-23(20-2-3-20)21-4-6-22(7-5-21)27-17-1-14-25-15-10-19(11-16-25)18-8-12-24-13-9-18/h4-9,12-13,19-20H,1-3,10-11,14-17H2. The predicted molar refractivity (Wildman–Crippen MR) is 106 cm³/mol. The van der Waals surface area contributed by atoms with Gasteiger partial charge in [0.25, 0.3) is 0 Å². The van der Waals surface area contributed by atoms with Crippen molar-refractivity contribution < 1.29 is 9.53 Å². The van der Waals surface area contributed by atoms with Crippen LogP contribution < -0.4 is 4.74 Å². The number of likely N-dealkylation sites (tertiary alicyclic amines) is 1. The molecule has 1 aromatic carbocycles. The number of carbonyl (C=O) groups is 1. The van der Waals surface area contributed by atoms with Crippen LogP contribution in [0.15, 0.2) is 48.8 Å². The molecule has 27 heavy (non-hydrogen) atoms. The number of hydrogen-bond acceptors (Lipinski definition) is 4. The Morgan fingerprint density at radius 2 is 1.70 bits per heavy atom. The Morgan fingerprint density at radius 3 is 2.37 bits per heavy atom. The Morgan fingerprint density at radius 1 is 1.00 bits per heavy atom. The molecule has 0 amide bonds. The smallest absolute Gasteiger partial charge is 0.165 e. The highest BCUT2D eigenvalue weighted by molar-refractivity contribution is 5.99. The second kappa shape index (κ2) is 8.66. The van der Waals surface area contributed by atoms with Crippen molar-refractivity contribution in [1.82, 2.24) is 9.88 Å². The van der Waals surface area contributed by atoms with E-state index in [-0.39, 0.29) is 11.7 Å². The number of pyridine rings is 1. The fraction of sp³-hybridized carbons (Fsp3) is 0.478. The molecule has 1 aliphatic carbocycles. The van der Waals surface area contributed by atoms with Crippen LogP contribution in [-0.4, -0.2) is 41.9 Å². The molecule has 4 nitrogen and oxygen atoms in total. The maximum absolute atomic E-state index is 12.0. The molecular formula is C23H28N2O2. The average Bonchev–Trinajstić information content (AvgIpc) is 3.58. The van der Waals surface area contributed by atoms with E-state index in [1.807, 2.05) is 36.7 Å². The van der Waals surface area contributed by atoms with Crippen molar-refractivity contribution in [3.05, 3.63) is 59.9 Å². The van der Waals surface area contributed by atoms with E-state index in [1.165, 1.54) is 18.4 Å². The van der Waals surface area contributed by atoms with Gasteiger partial charge in [-0.15, -0.1) is 0 Å². The number of ketones is 1. The summed E-state index contributed by atoms with van der Waals surface area (Å²) >= 11 is 0. The largest absolute Gasteiger partial charge is 0.494 e. The first-order valence-electron chi connectivity index (χ1n) is 10.2. The maximum atomic E-state index is 12.0. The van der Waals surface area contributed by atoms with Gasteiger partial charge < -0.3 is 9.64 Å². The Bertz CT molecular complexity index is 733. The van der Waals surface area contributed by atoms with Gasteiger partial charge in [0.05, 0.1) is 6.61 Å². The lowest BCUT2D eigenvalue weighted by Gasteiger charge is -2.32. The van der Waals surface area contributed by atoms with Crippen LogP contribution in [0.5, 0.6) is 5.75 Å². The molecule has 0 unspecified atom stereocenters. The molecule has 0 radical (unpaired) electrons. The summed E-state index contributed by atoms with van der Waals surface area (Å²) in [5.41, 5.74) is 2.25. The minimum absolute atomic E-state index is 0.277. The summed E-state index contributed by atoms with van der Waals surface area (Å²) in [7, 11) is 0. The first kappa shape index (κ1) is 18.2. The number of hydrogen-bond donors (Lipinski definition) is 0. The summed E-state index contributed by atoms with van der Waals surface area (Å²) in [5, 5.41) is 0. The lowest BCUT2D eigenvalue weighted by atomic mass is 9.90. The highest BCUT2D eigenvalue weighted by Crippen LogP contribution is 2.33. The zero-order valence-corrected chi connectivity index (χ0v) is 15.8. The van der Waals surface area contributed by atoms with E-state index in [0.717, 1.165) is 56.8 Å². The first-order chi connectivity index (χ1) is 13.3. The topological polar surface area (TPSA) is 42.4 Å². The summed E-state index contributed by atoms with van der Waals surface area (Å²) in [6.07, 6.45) is 9.38. The van der Waals surface area contributed by atoms with E-state index in [2.05, 4.69) is 22.0 Å². The number of rotatable bonds is 8. The third-order valence-corrected chi connectivity index (χ3v) is 5.74. The van der Waals surface area contributed by atoms with Gasteiger partial charge in [-0.3, -0.25) is 9.78 Å². The highest BCUT2D eigenvalue weighted by Gasteiger charge is 2.30. The normalized spacial score (nSPS) is 18.4. The van der Waals surface area contributed by atoms with Crippen LogP contribution in [0.3, 0.4) is 0 Å². The third-order valence-electron chi connectivity index (χ3n) is 5.74. The minimum Gasteiger partial charge on any atom is -0.494 e. The molecule has 0 atom stereocenters. The SMILES string of the molecule is O=C(c1ccc(OCCCN2CCC(c3ccncc3)CC2)cc1)C1CC1. The molecule has 1 aromatic heterocycles. The van der Waals surface area contributed by atoms with E-state index in [0.29, 0.717) is 5.92 Å². The highest BCUT2D eigenvalue weighted by atomic mass is 16.5. The first-order valence-corrected chi connectivity index (χ1v) is 10.2. The van der Waals surface area contributed by atoms with Crippen molar-refractivity contribution in [1.29, 1.82) is 0 Å². The van der Waals surface area contributed by atoms with Crippen LogP contribution in [-0.2, 0) is 0 Å². The Hall–Kier alpha value is -2.20. The number of carbonyl (C=O) groups excluding carboxylic acids is 1. The number of Topliss-reactive ketones (excluding diaryl/α,β-unsaturated/α-hetero) is 1. The molecule has 2 aromatic rings. The summed E-state index contributed by atoms with van der Waals surface area (Å²) < 4.78 is 5.85. The maximum Gasteiger partial charge on any atom is 0.165 e. The van der Waals surface area contributed by atoms with Crippen molar-refractivity contribution in [3.63, 3.8) is 0 Å². The van der Waals surface area contributed by atoms with Crippen LogP contribution in [0.2, 0.25) is 0 Å². The molecule has 0 spiro atoms. The van der Waals surface area contributed by atoms with Crippen LogP contribution in [0.4, 0.5) is 0 Å². The summed E-state index contributed by atoms with van der Waals surface area (Å²) in [5.74, 6) is 2.10. The molecule has 1 aliphatic heterocycles. The molecular weight excluding hydrogens is 336 g/mol. The summed E-state index contributed by atoms with van der Waals surface area (Å²) in [4.78, 5) is 18.7. The van der Waals surface area contributed by atoms with Crippen molar-refractivity contribution in [3.8, 4) is 5.75 Å². The summed E-state index contributed by atoms with van der Waals surface area (Å²) in [6.45, 7) is 4.12. The van der Waals surface area contributed by atoms with Crippen LogP contribution in [0, 0.1) is 5.92 Å². The Balaban J connectivity index is 1.14. The Labute approximate surface area is 161 Å². The van der Waals surface area contributed by atoms with Crippen molar-refractivity contribution in [2.75, 3.05) is 26.2 Å². The van der Waals surface area contributed by atoms with Crippen molar-refractivity contribution in [2.24, 2.45) is 5.92 Å². The van der Waals surface area contributed by atoms with Gasteiger partial charge in [0.1, 0.15) is 5.75 Å². The van der Waals surface area contributed by atoms with Gasteiger partial charge in [-0.2, -0.15) is 0 Å². The fourth-order valence-corrected chi connectivity index (χ4v) is 3.90. The van der Waals surface area contributed by atoms with Gasteiger partial charge in [0.15, 0.2) is 5.78 Å².